The molecule has 0 bridgehead atoms. The fourth-order valence-electron chi connectivity index (χ4n) is 3.99. The number of alkyl halides is 3. The van der Waals surface area contributed by atoms with Crippen LogP contribution in [0.15, 0.2) is 47.1 Å². The van der Waals surface area contributed by atoms with Gasteiger partial charge in [-0.3, -0.25) is 0 Å². The predicted molar refractivity (Wildman–Crippen MR) is 138 cm³/mol. The van der Waals surface area contributed by atoms with Crippen LogP contribution < -0.4 is 21.3 Å². The van der Waals surface area contributed by atoms with Crippen LogP contribution in [-0.4, -0.2) is 48.0 Å². The van der Waals surface area contributed by atoms with Crippen LogP contribution in [-0.2, 0) is 6.18 Å². The van der Waals surface area contributed by atoms with E-state index in [4.69, 9.17) is 12.2 Å². The van der Waals surface area contributed by atoms with Gasteiger partial charge in [0.05, 0.1) is 28.0 Å². The number of hydrogen-bond donors (Lipinski definition) is 4. The zero-order valence-corrected chi connectivity index (χ0v) is 20.6. The minimum atomic E-state index is -4.44. The maximum absolute atomic E-state index is 13.2. The van der Waals surface area contributed by atoms with E-state index in [0.29, 0.717) is 28.6 Å². The van der Waals surface area contributed by atoms with Crippen molar-refractivity contribution in [3.8, 4) is 0 Å². The predicted octanol–water partition coefficient (Wildman–Crippen LogP) is 4.91. The van der Waals surface area contributed by atoms with Gasteiger partial charge in [0.25, 0.3) is 0 Å². The van der Waals surface area contributed by atoms with E-state index in [0.717, 1.165) is 54.4 Å². The first-order valence-electron chi connectivity index (χ1n) is 11.3. The fraction of sp³-hybridized carbons (Fsp3) is 0.375. The Morgan fingerprint density at radius 3 is 2.71 bits per heavy atom. The van der Waals surface area contributed by atoms with Crippen molar-refractivity contribution in [2.75, 3.05) is 43.1 Å². The molecule has 7 nitrogen and oxygen atoms in total. The summed E-state index contributed by atoms with van der Waals surface area (Å²) in [4.78, 5) is 11.7. The molecule has 0 spiro atoms. The van der Waals surface area contributed by atoms with E-state index < -0.39 is 11.7 Å². The van der Waals surface area contributed by atoms with Crippen molar-refractivity contribution in [3.05, 3.63) is 58.9 Å². The third-order valence-corrected chi connectivity index (χ3v) is 6.02. The first-order chi connectivity index (χ1) is 16.6. The lowest BCUT2D eigenvalue weighted by Gasteiger charge is -2.27. The molecule has 1 aromatic carbocycles. The Labute approximate surface area is 207 Å². The standard InChI is InChI=1S/C24H28F3N7S/c1-14-18(7-8-20(30-14)28-9-4-10-34(2)3)32-23-29-13-15-11-21(35)31-19-12-16(24(25,26)27)5-6-17(19)22(15)33-23/h5-8,12-13,22H,4,9-11H2,1-3H3,(H,28,30)(H,31,35)(H2,29,32,33). The van der Waals surface area contributed by atoms with Gasteiger partial charge in [0.2, 0.25) is 5.96 Å². The van der Waals surface area contributed by atoms with Crippen LogP contribution in [0.5, 0.6) is 0 Å². The molecule has 0 radical (unpaired) electrons. The zero-order chi connectivity index (χ0) is 25.2. The molecule has 2 aliphatic heterocycles. The van der Waals surface area contributed by atoms with Gasteiger partial charge in [-0.05, 0) is 63.8 Å². The third-order valence-electron chi connectivity index (χ3n) is 5.77. The summed E-state index contributed by atoms with van der Waals surface area (Å²) in [5.41, 5.74) is 2.74. The summed E-state index contributed by atoms with van der Waals surface area (Å²) in [6.45, 7) is 3.72. The molecule has 0 saturated carbocycles. The molecule has 3 heterocycles. The molecule has 4 N–H and O–H groups in total. The number of anilines is 3. The van der Waals surface area contributed by atoms with Crippen LogP contribution in [0.2, 0.25) is 0 Å². The van der Waals surface area contributed by atoms with Gasteiger partial charge in [-0.25, -0.2) is 9.98 Å². The van der Waals surface area contributed by atoms with Gasteiger partial charge in [-0.2, -0.15) is 13.2 Å². The summed E-state index contributed by atoms with van der Waals surface area (Å²) in [5, 5.41) is 12.9. The summed E-state index contributed by atoms with van der Waals surface area (Å²) < 4.78 is 39.7. The van der Waals surface area contributed by atoms with E-state index in [1.54, 1.807) is 6.20 Å². The highest BCUT2D eigenvalue weighted by atomic mass is 32.1. The van der Waals surface area contributed by atoms with E-state index in [-0.39, 0.29) is 6.04 Å². The van der Waals surface area contributed by atoms with Gasteiger partial charge < -0.3 is 26.2 Å². The van der Waals surface area contributed by atoms with E-state index in [1.165, 1.54) is 6.07 Å². The van der Waals surface area contributed by atoms with Gasteiger partial charge in [0, 0.05) is 30.4 Å². The van der Waals surface area contributed by atoms with E-state index >= 15 is 0 Å². The second-order valence-electron chi connectivity index (χ2n) is 8.82. The zero-order valence-electron chi connectivity index (χ0n) is 19.8. The summed E-state index contributed by atoms with van der Waals surface area (Å²) >= 11 is 5.35. The van der Waals surface area contributed by atoms with Crippen LogP contribution in [0.25, 0.3) is 0 Å². The Bertz CT molecular complexity index is 1170. The molecule has 2 aliphatic rings. The topological polar surface area (TPSA) is 76.6 Å². The molecule has 1 atom stereocenters. The number of aromatic nitrogens is 1. The summed E-state index contributed by atoms with van der Waals surface area (Å²) in [6.07, 6.45) is -1.31. The number of hydrogen-bond acceptors (Lipinski definition) is 7. The number of aliphatic imine (C=N–C) groups is 1. The average molecular weight is 504 g/mol. The minimum Gasteiger partial charge on any atom is -0.370 e. The lowest BCUT2D eigenvalue weighted by Crippen LogP contribution is -2.37. The number of guanidine groups is 1. The van der Waals surface area contributed by atoms with Crippen LogP contribution in [0.3, 0.4) is 0 Å². The average Bonchev–Trinajstić information content (AvgIpc) is 2.92. The van der Waals surface area contributed by atoms with Crippen molar-refractivity contribution in [2.45, 2.75) is 32.0 Å². The van der Waals surface area contributed by atoms with E-state index in [1.807, 2.05) is 33.2 Å². The Hall–Kier alpha value is -3.18. The molecule has 0 fully saturated rings. The second kappa shape index (κ2) is 10.2. The Kier molecular flexibility index (Phi) is 7.27. The Balaban J connectivity index is 1.50. The van der Waals surface area contributed by atoms with E-state index in [9.17, 15) is 13.2 Å². The number of benzene rings is 1. The molecule has 0 amide bonds. The maximum Gasteiger partial charge on any atom is 0.416 e. The first kappa shape index (κ1) is 24.9. The molecule has 4 rings (SSSR count). The maximum atomic E-state index is 13.2. The van der Waals surface area contributed by atoms with E-state index in [2.05, 4.69) is 36.1 Å². The SMILES string of the molecule is Cc1nc(NCCCN(C)C)ccc1NC1=NC=C2CC(=S)Nc3cc(C(F)(F)F)ccc3C2N1. The van der Waals surface area contributed by atoms with Crippen molar-refractivity contribution >= 4 is 40.4 Å². The second-order valence-corrected chi connectivity index (χ2v) is 9.31. The van der Waals surface area contributed by atoms with Crippen LogP contribution in [0.1, 0.15) is 35.7 Å². The highest BCUT2D eigenvalue weighted by Crippen LogP contribution is 2.39. The van der Waals surface area contributed by atoms with Crippen molar-refractivity contribution < 1.29 is 13.2 Å². The lowest BCUT2D eigenvalue weighted by molar-refractivity contribution is -0.137. The van der Waals surface area contributed by atoms with Crippen LogP contribution >= 0.6 is 12.2 Å². The van der Waals surface area contributed by atoms with Crippen LogP contribution in [0.4, 0.5) is 30.4 Å². The Morgan fingerprint density at radius 2 is 2.00 bits per heavy atom. The monoisotopic (exact) mass is 503 g/mol. The van der Waals surface area contributed by atoms with Crippen molar-refractivity contribution in [1.29, 1.82) is 0 Å². The van der Waals surface area contributed by atoms with Crippen molar-refractivity contribution in [2.24, 2.45) is 4.99 Å². The smallest absolute Gasteiger partial charge is 0.370 e. The van der Waals surface area contributed by atoms with Gasteiger partial charge in [0.1, 0.15) is 5.82 Å². The third kappa shape index (κ3) is 6.09. The quantitative estimate of drug-likeness (QED) is 0.330. The van der Waals surface area contributed by atoms with Crippen molar-refractivity contribution in [1.82, 2.24) is 15.2 Å². The molecule has 35 heavy (non-hydrogen) atoms. The first-order valence-corrected chi connectivity index (χ1v) is 11.7. The molecular weight excluding hydrogens is 475 g/mol. The largest absolute Gasteiger partial charge is 0.416 e. The number of thiocarbonyl (C=S) groups is 1. The molecule has 186 valence electrons. The minimum absolute atomic E-state index is 0.342. The van der Waals surface area contributed by atoms with Gasteiger partial charge in [0.15, 0.2) is 0 Å². The number of aryl methyl sites for hydroxylation is 1. The van der Waals surface area contributed by atoms with Gasteiger partial charge in [-0.15, -0.1) is 0 Å². The number of pyridine rings is 1. The number of fused-ring (bicyclic) bond motifs is 3. The highest BCUT2D eigenvalue weighted by Gasteiger charge is 2.34. The molecule has 11 heteroatoms. The molecule has 0 aliphatic carbocycles. The van der Waals surface area contributed by atoms with Crippen LogP contribution in [0, 0.1) is 6.92 Å². The molecular formula is C24H28F3N7S. The van der Waals surface area contributed by atoms with Gasteiger partial charge in [-0.1, -0.05) is 18.3 Å². The number of nitrogens with one attached hydrogen (secondary N) is 4. The Morgan fingerprint density at radius 1 is 1.20 bits per heavy atom. The summed E-state index contributed by atoms with van der Waals surface area (Å²) in [6, 6.07) is 7.13. The fourth-order valence-corrected chi connectivity index (χ4v) is 4.26. The summed E-state index contributed by atoms with van der Waals surface area (Å²) in [5.74, 6) is 1.28. The normalized spacial score (nSPS) is 17.3. The molecule has 1 unspecified atom stereocenters. The highest BCUT2D eigenvalue weighted by molar-refractivity contribution is 7.80. The molecule has 1 aromatic heterocycles. The molecule has 2 aromatic rings. The number of rotatable bonds is 6. The van der Waals surface area contributed by atoms with Crippen molar-refractivity contribution in [3.63, 3.8) is 0 Å². The number of nitrogens with zero attached hydrogens (tertiary/aromatic N) is 3. The lowest BCUT2D eigenvalue weighted by atomic mass is 9.95. The van der Waals surface area contributed by atoms with Gasteiger partial charge >= 0.3 is 6.18 Å². The molecule has 0 saturated heterocycles. The number of halogens is 3. The summed E-state index contributed by atoms with van der Waals surface area (Å²) in [7, 11) is 4.09.